The normalized spacial score (nSPS) is 10.5. The Morgan fingerprint density at radius 3 is 2.89 bits per heavy atom. The van der Waals surface area contributed by atoms with Gasteiger partial charge in [-0.05, 0) is 15.9 Å². The highest BCUT2D eigenvalue weighted by Gasteiger charge is 2.17. The lowest BCUT2D eigenvalue weighted by atomic mass is 10.3. The first-order valence-corrected chi connectivity index (χ1v) is 7.18. The Hall–Kier alpha value is -1.34. The van der Waals surface area contributed by atoms with E-state index in [0.29, 0.717) is 17.2 Å². The zero-order valence-electron chi connectivity index (χ0n) is 10.9. The van der Waals surface area contributed by atoms with Crippen LogP contribution in [0.25, 0.3) is 0 Å². The number of rotatable bonds is 4. The van der Waals surface area contributed by atoms with Crippen molar-refractivity contribution in [2.45, 2.75) is 6.54 Å². The third-order valence-corrected chi connectivity index (χ3v) is 4.38. The van der Waals surface area contributed by atoms with Crippen molar-refractivity contribution >= 4 is 33.2 Å². The third kappa shape index (κ3) is 3.16. The summed E-state index contributed by atoms with van der Waals surface area (Å²) < 4.78 is 7.70. The molecule has 0 aliphatic rings. The first kappa shape index (κ1) is 14.1. The molecule has 2 aromatic heterocycles. The van der Waals surface area contributed by atoms with E-state index in [9.17, 15) is 4.79 Å². The average Bonchev–Trinajstić information content (AvgIpc) is 2.94. The molecule has 0 fully saturated rings. The molecule has 5 nitrogen and oxygen atoms in total. The Kier molecular flexibility index (Phi) is 4.26. The molecule has 102 valence electrons. The standard InChI is InChI=1S/C12H14BrN3O2S/c1-15(6-8-5-14-16(2)7-8)12(17)10-4-9(18-3)11(13)19-10/h4-5,7H,6H2,1-3H3. The summed E-state index contributed by atoms with van der Waals surface area (Å²) in [5.74, 6) is 0.654. The van der Waals surface area contributed by atoms with E-state index in [4.69, 9.17) is 4.74 Å². The van der Waals surface area contributed by atoms with Gasteiger partial charge in [0.05, 0.1) is 18.2 Å². The van der Waals surface area contributed by atoms with Crippen LogP contribution in [0.2, 0.25) is 0 Å². The Bertz CT molecular complexity index is 594. The van der Waals surface area contributed by atoms with E-state index >= 15 is 0 Å². The number of hydrogen-bond donors (Lipinski definition) is 0. The van der Waals surface area contributed by atoms with Crippen molar-refractivity contribution in [3.8, 4) is 5.75 Å². The fourth-order valence-electron chi connectivity index (χ4n) is 1.68. The summed E-state index contributed by atoms with van der Waals surface area (Å²) in [5, 5.41) is 4.09. The summed E-state index contributed by atoms with van der Waals surface area (Å²) in [4.78, 5) is 14.6. The molecule has 0 aromatic carbocycles. The second kappa shape index (κ2) is 5.75. The number of aromatic nitrogens is 2. The minimum Gasteiger partial charge on any atom is -0.495 e. The van der Waals surface area contributed by atoms with Crippen LogP contribution in [0.15, 0.2) is 22.2 Å². The number of methoxy groups -OCH3 is 1. The van der Waals surface area contributed by atoms with Crippen molar-refractivity contribution in [2.24, 2.45) is 7.05 Å². The quantitative estimate of drug-likeness (QED) is 0.856. The summed E-state index contributed by atoms with van der Waals surface area (Å²) in [7, 11) is 5.21. The van der Waals surface area contributed by atoms with Gasteiger partial charge in [0.2, 0.25) is 0 Å². The number of amides is 1. The van der Waals surface area contributed by atoms with Gasteiger partial charge < -0.3 is 9.64 Å². The molecule has 0 saturated heterocycles. The van der Waals surface area contributed by atoms with Crippen molar-refractivity contribution in [3.05, 3.63) is 32.7 Å². The predicted molar refractivity (Wildman–Crippen MR) is 77.6 cm³/mol. The molecule has 0 aliphatic carbocycles. The summed E-state index contributed by atoms with van der Waals surface area (Å²) in [6.45, 7) is 0.532. The van der Waals surface area contributed by atoms with Gasteiger partial charge in [-0.25, -0.2) is 0 Å². The molecular weight excluding hydrogens is 330 g/mol. The molecule has 2 rings (SSSR count). The number of carbonyl (C=O) groups is 1. The van der Waals surface area contributed by atoms with Gasteiger partial charge in [-0.1, -0.05) is 0 Å². The highest BCUT2D eigenvalue weighted by atomic mass is 79.9. The zero-order chi connectivity index (χ0) is 14.0. The maximum Gasteiger partial charge on any atom is 0.264 e. The van der Waals surface area contributed by atoms with Crippen LogP contribution in [0.4, 0.5) is 0 Å². The lowest BCUT2D eigenvalue weighted by Gasteiger charge is -2.14. The zero-order valence-corrected chi connectivity index (χ0v) is 13.3. The largest absolute Gasteiger partial charge is 0.495 e. The summed E-state index contributed by atoms with van der Waals surface area (Å²) in [6, 6.07) is 1.75. The highest BCUT2D eigenvalue weighted by molar-refractivity contribution is 9.11. The van der Waals surface area contributed by atoms with Crippen LogP contribution in [0.1, 0.15) is 15.2 Å². The van der Waals surface area contributed by atoms with Crippen LogP contribution in [-0.2, 0) is 13.6 Å². The van der Waals surface area contributed by atoms with E-state index in [1.54, 1.807) is 36.0 Å². The molecule has 0 saturated carbocycles. The van der Waals surface area contributed by atoms with Crippen LogP contribution in [-0.4, -0.2) is 34.7 Å². The number of carbonyl (C=O) groups excluding carboxylic acids is 1. The number of thiophene rings is 1. The Labute approximate surface area is 123 Å². The van der Waals surface area contributed by atoms with Crippen molar-refractivity contribution in [1.29, 1.82) is 0 Å². The molecule has 0 radical (unpaired) electrons. The first-order chi connectivity index (χ1) is 9.01. The summed E-state index contributed by atoms with van der Waals surface area (Å²) in [6.07, 6.45) is 3.66. The van der Waals surface area contributed by atoms with Gasteiger partial charge in [-0.2, -0.15) is 5.10 Å². The van der Waals surface area contributed by atoms with Gasteiger partial charge in [0.1, 0.15) is 9.54 Å². The summed E-state index contributed by atoms with van der Waals surface area (Å²) in [5.41, 5.74) is 1.00. The van der Waals surface area contributed by atoms with E-state index < -0.39 is 0 Å². The molecule has 19 heavy (non-hydrogen) atoms. The Morgan fingerprint density at radius 1 is 1.63 bits per heavy atom. The lowest BCUT2D eigenvalue weighted by molar-refractivity contribution is 0.0789. The van der Waals surface area contributed by atoms with Gasteiger partial charge in [0.25, 0.3) is 5.91 Å². The van der Waals surface area contributed by atoms with Crippen LogP contribution in [0, 0.1) is 0 Å². The number of ether oxygens (including phenoxy) is 1. The van der Waals surface area contributed by atoms with Crippen molar-refractivity contribution in [1.82, 2.24) is 14.7 Å². The van der Waals surface area contributed by atoms with Crippen LogP contribution in [0.3, 0.4) is 0 Å². The second-order valence-electron chi connectivity index (χ2n) is 4.14. The SMILES string of the molecule is COc1cc(C(=O)N(C)Cc2cnn(C)c2)sc1Br. The average molecular weight is 344 g/mol. The molecule has 2 aromatic rings. The second-order valence-corrected chi connectivity index (χ2v) is 6.51. The minimum absolute atomic E-state index is 0.0298. The Morgan fingerprint density at radius 2 is 2.37 bits per heavy atom. The molecule has 0 aliphatic heterocycles. The maximum atomic E-state index is 12.3. The van der Waals surface area contributed by atoms with Crippen molar-refractivity contribution in [2.75, 3.05) is 14.2 Å². The van der Waals surface area contributed by atoms with Gasteiger partial charge >= 0.3 is 0 Å². The highest BCUT2D eigenvalue weighted by Crippen LogP contribution is 2.34. The van der Waals surface area contributed by atoms with E-state index in [1.807, 2.05) is 13.2 Å². The number of aryl methyl sites for hydroxylation is 1. The van der Waals surface area contributed by atoms with Gasteiger partial charge in [0, 0.05) is 38.5 Å². The topological polar surface area (TPSA) is 47.4 Å². The molecule has 0 unspecified atom stereocenters. The minimum atomic E-state index is -0.0298. The van der Waals surface area contributed by atoms with Gasteiger partial charge in [-0.15, -0.1) is 11.3 Å². The predicted octanol–water partition coefficient (Wildman–Crippen LogP) is 2.52. The molecule has 1 amide bonds. The third-order valence-electron chi connectivity index (χ3n) is 2.61. The smallest absolute Gasteiger partial charge is 0.264 e. The lowest BCUT2D eigenvalue weighted by Crippen LogP contribution is -2.25. The molecule has 7 heteroatoms. The van der Waals surface area contributed by atoms with Crippen molar-refractivity contribution < 1.29 is 9.53 Å². The molecule has 0 bridgehead atoms. The van der Waals surface area contributed by atoms with Gasteiger partial charge in [0.15, 0.2) is 0 Å². The van der Waals surface area contributed by atoms with E-state index in [1.165, 1.54) is 11.3 Å². The van der Waals surface area contributed by atoms with Gasteiger partial charge in [-0.3, -0.25) is 9.48 Å². The fraction of sp³-hybridized carbons (Fsp3) is 0.333. The van der Waals surface area contributed by atoms with E-state index in [-0.39, 0.29) is 5.91 Å². The molecular formula is C12H14BrN3O2S. The number of halogens is 1. The molecule has 0 spiro atoms. The number of nitrogens with zero attached hydrogens (tertiary/aromatic N) is 3. The molecule has 2 heterocycles. The van der Waals surface area contributed by atoms with Crippen molar-refractivity contribution in [3.63, 3.8) is 0 Å². The molecule has 0 atom stereocenters. The van der Waals surface area contributed by atoms with E-state index in [2.05, 4.69) is 21.0 Å². The monoisotopic (exact) mass is 343 g/mol. The Balaban J connectivity index is 2.09. The van der Waals surface area contributed by atoms with Crippen LogP contribution in [0.5, 0.6) is 5.75 Å². The van der Waals surface area contributed by atoms with Crippen LogP contribution < -0.4 is 4.74 Å². The summed E-state index contributed by atoms with van der Waals surface area (Å²) >= 11 is 4.75. The maximum absolute atomic E-state index is 12.3. The molecule has 0 N–H and O–H groups in total. The van der Waals surface area contributed by atoms with E-state index in [0.717, 1.165) is 9.35 Å². The van der Waals surface area contributed by atoms with Crippen LogP contribution >= 0.6 is 27.3 Å². The fourth-order valence-corrected chi connectivity index (χ4v) is 3.33. The number of hydrogen-bond acceptors (Lipinski definition) is 4. The first-order valence-electron chi connectivity index (χ1n) is 5.57.